The van der Waals surface area contributed by atoms with Crippen LogP contribution in [0.25, 0.3) is 0 Å². The number of pyridine rings is 1. The molecule has 0 aliphatic rings. The van der Waals surface area contributed by atoms with Crippen molar-refractivity contribution in [1.82, 2.24) is 10.5 Å². The Morgan fingerprint density at radius 2 is 2.17 bits per heavy atom. The molecule has 0 spiro atoms. The molecule has 128 valence electrons. The molecule has 1 amide bonds. The van der Waals surface area contributed by atoms with Crippen molar-refractivity contribution < 1.29 is 19.8 Å². The molecule has 1 atom stereocenters. The van der Waals surface area contributed by atoms with Crippen LogP contribution in [0.1, 0.15) is 21.5 Å². The lowest BCUT2D eigenvalue weighted by Gasteiger charge is -2.12. The van der Waals surface area contributed by atoms with E-state index in [9.17, 15) is 9.90 Å². The summed E-state index contributed by atoms with van der Waals surface area (Å²) in [7, 11) is 0. The first-order valence-corrected chi connectivity index (χ1v) is 8.54. The van der Waals surface area contributed by atoms with Crippen molar-refractivity contribution in [1.29, 1.82) is 0 Å². The van der Waals surface area contributed by atoms with Gasteiger partial charge in [0.2, 0.25) is 0 Å². The van der Waals surface area contributed by atoms with Gasteiger partial charge in [0, 0.05) is 33.0 Å². The summed E-state index contributed by atoms with van der Waals surface area (Å²) in [5.41, 5.74) is 4.23. The number of rotatable bonds is 7. The van der Waals surface area contributed by atoms with Crippen LogP contribution in [0.2, 0.25) is 5.02 Å². The third-order valence-electron chi connectivity index (χ3n) is 3.20. The highest BCUT2D eigenvalue weighted by Gasteiger charge is 2.14. The summed E-state index contributed by atoms with van der Waals surface area (Å²) in [6.45, 7) is -0.646. The van der Waals surface area contributed by atoms with Crippen LogP contribution < -0.4 is 5.48 Å². The van der Waals surface area contributed by atoms with Gasteiger partial charge in [-0.2, -0.15) is 0 Å². The van der Waals surface area contributed by atoms with E-state index in [0.717, 1.165) is 9.13 Å². The van der Waals surface area contributed by atoms with Gasteiger partial charge in [-0.05, 0) is 51.9 Å². The van der Waals surface area contributed by atoms with Crippen LogP contribution in [0.5, 0.6) is 0 Å². The van der Waals surface area contributed by atoms with Gasteiger partial charge in [0.1, 0.15) is 12.7 Å². The van der Waals surface area contributed by atoms with Crippen molar-refractivity contribution in [3.8, 4) is 0 Å². The zero-order valence-electron chi connectivity index (χ0n) is 12.6. The smallest absolute Gasteiger partial charge is 0.275 e. The van der Waals surface area contributed by atoms with E-state index in [0.29, 0.717) is 22.6 Å². The molecule has 6 nitrogen and oxygen atoms in total. The lowest BCUT2D eigenvalue weighted by molar-refractivity contribution is -0.0295. The average molecular weight is 463 g/mol. The SMILES string of the molecule is O=C(NOC[C@H](O)CO)c1ccncc1Cc1ccc(I)cc1Cl. The van der Waals surface area contributed by atoms with Crippen molar-refractivity contribution in [2.24, 2.45) is 0 Å². The number of halogens is 2. The molecule has 0 aliphatic carbocycles. The van der Waals surface area contributed by atoms with Gasteiger partial charge >= 0.3 is 0 Å². The topological polar surface area (TPSA) is 91.7 Å². The van der Waals surface area contributed by atoms with Gasteiger partial charge in [0.25, 0.3) is 5.91 Å². The minimum absolute atomic E-state index is 0.203. The number of benzene rings is 1. The molecule has 1 heterocycles. The Kier molecular flexibility index (Phi) is 7.38. The number of amides is 1. The molecule has 2 aromatic rings. The lowest BCUT2D eigenvalue weighted by Crippen LogP contribution is -2.30. The number of carbonyl (C=O) groups is 1. The second-order valence-corrected chi connectivity index (χ2v) is 6.68. The van der Waals surface area contributed by atoms with Crippen LogP contribution in [0, 0.1) is 3.57 Å². The molecule has 0 aliphatic heterocycles. The second-order valence-electron chi connectivity index (χ2n) is 5.02. The molecule has 2 rings (SSSR count). The minimum atomic E-state index is -1.05. The van der Waals surface area contributed by atoms with E-state index in [1.165, 1.54) is 6.20 Å². The molecule has 0 radical (unpaired) electrons. The standard InChI is InChI=1S/C16H16ClIN2O4/c17-15-6-12(18)2-1-10(15)5-11-7-19-4-3-14(11)16(23)20-24-9-13(22)8-21/h1-4,6-7,13,21-22H,5,8-9H2,(H,20,23)/t13-/m1/s1. The van der Waals surface area contributed by atoms with E-state index in [4.69, 9.17) is 21.5 Å². The highest BCUT2D eigenvalue weighted by atomic mass is 127. The Labute approximate surface area is 157 Å². The molecule has 0 bridgehead atoms. The van der Waals surface area contributed by atoms with E-state index in [2.05, 4.69) is 33.1 Å². The summed E-state index contributed by atoms with van der Waals surface area (Å²) < 4.78 is 1.03. The maximum Gasteiger partial charge on any atom is 0.275 e. The van der Waals surface area contributed by atoms with E-state index in [-0.39, 0.29) is 6.61 Å². The first-order valence-electron chi connectivity index (χ1n) is 7.09. The van der Waals surface area contributed by atoms with Crippen LogP contribution in [0.3, 0.4) is 0 Å². The normalized spacial score (nSPS) is 12.0. The van der Waals surface area contributed by atoms with Gasteiger partial charge in [-0.15, -0.1) is 0 Å². The highest BCUT2D eigenvalue weighted by molar-refractivity contribution is 14.1. The molecular formula is C16H16ClIN2O4. The summed E-state index contributed by atoms with van der Waals surface area (Å²) in [5.74, 6) is -0.459. The summed E-state index contributed by atoms with van der Waals surface area (Å²) in [6.07, 6.45) is 2.52. The monoisotopic (exact) mass is 462 g/mol. The fraction of sp³-hybridized carbons (Fsp3) is 0.250. The number of hydrogen-bond acceptors (Lipinski definition) is 5. The third-order valence-corrected chi connectivity index (χ3v) is 4.22. The van der Waals surface area contributed by atoms with E-state index < -0.39 is 18.6 Å². The maximum atomic E-state index is 12.2. The molecular weight excluding hydrogens is 447 g/mol. The summed E-state index contributed by atoms with van der Waals surface area (Å²) in [6, 6.07) is 7.29. The van der Waals surface area contributed by atoms with Crippen LogP contribution in [0.4, 0.5) is 0 Å². The summed E-state index contributed by atoms with van der Waals surface area (Å²) >= 11 is 8.42. The van der Waals surface area contributed by atoms with Gasteiger partial charge in [-0.3, -0.25) is 14.6 Å². The van der Waals surface area contributed by atoms with Crippen molar-refractivity contribution in [2.45, 2.75) is 12.5 Å². The van der Waals surface area contributed by atoms with Crippen LogP contribution in [0.15, 0.2) is 36.7 Å². The molecule has 1 aromatic carbocycles. The van der Waals surface area contributed by atoms with Crippen molar-refractivity contribution >= 4 is 40.1 Å². The predicted molar refractivity (Wildman–Crippen MR) is 97.7 cm³/mol. The fourth-order valence-corrected chi connectivity index (χ4v) is 2.89. The molecule has 1 aromatic heterocycles. The van der Waals surface area contributed by atoms with Crippen molar-refractivity contribution in [3.63, 3.8) is 0 Å². The van der Waals surface area contributed by atoms with E-state index >= 15 is 0 Å². The Morgan fingerprint density at radius 3 is 2.88 bits per heavy atom. The highest BCUT2D eigenvalue weighted by Crippen LogP contribution is 2.23. The lowest BCUT2D eigenvalue weighted by atomic mass is 10.0. The number of aliphatic hydroxyl groups excluding tert-OH is 2. The number of nitrogens with one attached hydrogen (secondary N) is 1. The maximum absolute atomic E-state index is 12.2. The second kappa shape index (κ2) is 9.28. The van der Waals surface area contributed by atoms with Gasteiger partial charge in [-0.25, -0.2) is 5.48 Å². The first kappa shape index (κ1) is 19.1. The van der Waals surface area contributed by atoms with Crippen molar-refractivity contribution in [2.75, 3.05) is 13.2 Å². The number of aliphatic hydroxyl groups is 2. The first-order chi connectivity index (χ1) is 11.5. The molecule has 0 unspecified atom stereocenters. The number of carbonyl (C=O) groups excluding carboxylic acids is 1. The predicted octanol–water partition coefficient (Wildman–Crippen LogP) is 1.94. The molecule has 24 heavy (non-hydrogen) atoms. The Balaban J connectivity index is 2.10. The zero-order chi connectivity index (χ0) is 17.5. The molecule has 8 heteroatoms. The van der Waals surface area contributed by atoms with Gasteiger partial charge in [-0.1, -0.05) is 17.7 Å². The van der Waals surface area contributed by atoms with Crippen LogP contribution >= 0.6 is 34.2 Å². The Bertz CT molecular complexity index is 714. The van der Waals surface area contributed by atoms with Gasteiger partial charge in [0.05, 0.1) is 6.61 Å². The minimum Gasteiger partial charge on any atom is -0.394 e. The number of hydrogen-bond donors (Lipinski definition) is 3. The number of hydroxylamine groups is 1. The third kappa shape index (κ3) is 5.38. The average Bonchev–Trinajstić information content (AvgIpc) is 2.57. The molecule has 0 fully saturated rings. The summed E-state index contributed by atoms with van der Waals surface area (Å²) in [4.78, 5) is 21.2. The van der Waals surface area contributed by atoms with Gasteiger partial charge < -0.3 is 10.2 Å². The van der Waals surface area contributed by atoms with Gasteiger partial charge in [0.15, 0.2) is 0 Å². The number of aromatic nitrogens is 1. The van der Waals surface area contributed by atoms with Crippen molar-refractivity contribution in [3.05, 3.63) is 61.9 Å². The zero-order valence-corrected chi connectivity index (χ0v) is 15.5. The molecule has 0 saturated carbocycles. The molecule has 3 N–H and O–H groups in total. The van der Waals surface area contributed by atoms with E-state index in [1.54, 1.807) is 12.3 Å². The quantitative estimate of drug-likeness (QED) is 0.432. The summed E-state index contributed by atoms with van der Waals surface area (Å²) in [5, 5.41) is 18.5. The Hall–Kier alpha value is -1.26. The Morgan fingerprint density at radius 1 is 1.38 bits per heavy atom. The fourth-order valence-electron chi connectivity index (χ4n) is 1.97. The van der Waals surface area contributed by atoms with Crippen LogP contribution in [-0.4, -0.2) is 40.4 Å². The van der Waals surface area contributed by atoms with Crippen LogP contribution in [-0.2, 0) is 11.3 Å². The largest absolute Gasteiger partial charge is 0.394 e. The number of nitrogens with zero attached hydrogens (tertiary/aromatic N) is 1. The molecule has 0 saturated heterocycles. The van der Waals surface area contributed by atoms with E-state index in [1.807, 2.05) is 18.2 Å².